The van der Waals surface area contributed by atoms with Crippen LogP contribution in [0.25, 0.3) is 0 Å². The number of aryl methyl sites for hydroxylation is 1. The minimum absolute atomic E-state index is 0.109. The summed E-state index contributed by atoms with van der Waals surface area (Å²) in [4.78, 5) is 26.8. The van der Waals surface area contributed by atoms with Gasteiger partial charge in [0.15, 0.2) is 0 Å². The maximum atomic E-state index is 13.1. The highest BCUT2D eigenvalue weighted by atomic mass is 16.2. The summed E-state index contributed by atoms with van der Waals surface area (Å²) in [7, 11) is 0. The Bertz CT molecular complexity index is 899. The minimum atomic E-state index is -0.949. The molecule has 1 aliphatic heterocycles. The Morgan fingerprint density at radius 1 is 1.12 bits per heavy atom. The molecule has 1 aliphatic carbocycles. The van der Waals surface area contributed by atoms with Crippen LogP contribution in [-0.4, -0.2) is 16.8 Å². The summed E-state index contributed by atoms with van der Waals surface area (Å²) in [6, 6.07) is 16.5. The summed E-state index contributed by atoms with van der Waals surface area (Å²) in [6.07, 6.45) is 1.35. The summed E-state index contributed by atoms with van der Waals surface area (Å²) >= 11 is 0. The van der Waals surface area contributed by atoms with Gasteiger partial charge in [0.1, 0.15) is 5.54 Å². The first-order valence-corrected chi connectivity index (χ1v) is 7.86. The van der Waals surface area contributed by atoms with Crippen LogP contribution < -0.4 is 5.32 Å². The molecule has 4 rings (SSSR count). The lowest BCUT2D eigenvalue weighted by Crippen LogP contribution is -2.41. The van der Waals surface area contributed by atoms with Crippen molar-refractivity contribution in [1.82, 2.24) is 10.2 Å². The normalized spacial score (nSPS) is 21.7. The molecule has 0 radical (unpaired) electrons. The summed E-state index contributed by atoms with van der Waals surface area (Å²) < 4.78 is 0. The van der Waals surface area contributed by atoms with E-state index >= 15 is 0 Å². The molecule has 1 heterocycles. The van der Waals surface area contributed by atoms with Crippen LogP contribution in [0.4, 0.5) is 4.79 Å². The Kier molecular flexibility index (Phi) is 3.14. The van der Waals surface area contributed by atoms with Gasteiger partial charge in [0, 0.05) is 0 Å². The first-order chi connectivity index (χ1) is 11.7. The maximum absolute atomic E-state index is 13.1. The van der Waals surface area contributed by atoms with Crippen molar-refractivity contribution in [3.05, 3.63) is 70.8 Å². The van der Waals surface area contributed by atoms with Crippen molar-refractivity contribution in [3.63, 3.8) is 0 Å². The van der Waals surface area contributed by atoms with Crippen molar-refractivity contribution in [2.45, 2.75) is 24.9 Å². The number of nitrogens with zero attached hydrogens (tertiary/aromatic N) is 2. The fourth-order valence-corrected chi connectivity index (χ4v) is 3.67. The van der Waals surface area contributed by atoms with E-state index in [0.29, 0.717) is 17.5 Å². The molecular formula is C19H15N3O2. The molecule has 5 heteroatoms. The number of amides is 3. The summed E-state index contributed by atoms with van der Waals surface area (Å²) in [5, 5.41) is 12.1. The third kappa shape index (κ3) is 1.93. The van der Waals surface area contributed by atoms with Gasteiger partial charge < -0.3 is 5.32 Å². The van der Waals surface area contributed by atoms with Gasteiger partial charge in [-0.1, -0.05) is 42.5 Å². The number of hydrogen-bond acceptors (Lipinski definition) is 3. The van der Waals surface area contributed by atoms with Crippen LogP contribution >= 0.6 is 0 Å². The Morgan fingerprint density at radius 3 is 2.71 bits per heavy atom. The van der Waals surface area contributed by atoms with Gasteiger partial charge in [-0.3, -0.25) is 9.69 Å². The molecule has 3 amide bonds. The lowest BCUT2D eigenvalue weighted by Gasteiger charge is -2.22. The van der Waals surface area contributed by atoms with Crippen LogP contribution in [0.3, 0.4) is 0 Å². The number of carbonyl (C=O) groups excluding carboxylic acids is 2. The molecule has 0 bridgehead atoms. The summed E-state index contributed by atoms with van der Waals surface area (Å²) in [5.74, 6) is -0.231. The van der Waals surface area contributed by atoms with Crippen LogP contribution in [0.2, 0.25) is 0 Å². The first-order valence-electron chi connectivity index (χ1n) is 7.86. The van der Waals surface area contributed by atoms with Crippen molar-refractivity contribution in [2.75, 3.05) is 0 Å². The molecule has 5 nitrogen and oxygen atoms in total. The fraction of sp³-hybridized carbons (Fsp3) is 0.211. The Morgan fingerprint density at radius 2 is 1.88 bits per heavy atom. The van der Waals surface area contributed by atoms with E-state index in [9.17, 15) is 14.9 Å². The van der Waals surface area contributed by atoms with Crippen LogP contribution in [0, 0.1) is 11.3 Å². The Hall–Kier alpha value is -3.13. The van der Waals surface area contributed by atoms with Crippen molar-refractivity contribution in [1.29, 1.82) is 5.26 Å². The lowest BCUT2D eigenvalue weighted by molar-refractivity contribution is -0.132. The number of rotatable bonds is 2. The second-order valence-electron chi connectivity index (χ2n) is 6.15. The second kappa shape index (κ2) is 5.20. The van der Waals surface area contributed by atoms with Gasteiger partial charge in [-0.25, -0.2) is 4.79 Å². The molecule has 2 aromatic rings. The van der Waals surface area contributed by atoms with E-state index in [1.54, 1.807) is 24.3 Å². The smallest absolute Gasteiger partial charge is 0.319 e. The minimum Gasteiger partial charge on any atom is -0.319 e. The zero-order valence-electron chi connectivity index (χ0n) is 13.0. The van der Waals surface area contributed by atoms with Gasteiger partial charge in [-0.05, 0) is 35.6 Å². The number of urea groups is 1. The van der Waals surface area contributed by atoms with Gasteiger partial charge >= 0.3 is 6.03 Å². The molecule has 1 fully saturated rings. The van der Waals surface area contributed by atoms with E-state index in [2.05, 4.69) is 11.4 Å². The average Bonchev–Trinajstić information content (AvgIpc) is 3.09. The van der Waals surface area contributed by atoms with Crippen molar-refractivity contribution >= 4 is 11.9 Å². The van der Waals surface area contributed by atoms with E-state index < -0.39 is 11.6 Å². The van der Waals surface area contributed by atoms with Crippen LogP contribution in [-0.2, 0) is 23.3 Å². The van der Waals surface area contributed by atoms with E-state index in [-0.39, 0.29) is 12.5 Å². The summed E-state index contributed by atoms with van der Waals surface area (Å²) in [6.45, 7) is 0.109. The highest BCUT2D eigenvalue weighted by Crippen LogP contribution is 2.41. The number of benzene rings is 2. The predicted molar refractivity (Wildman–Crippen MR) is 86.7 cm³/mol. The third-order valence-electron chi connectivity index (χ3n) is 4.89. The van der Waals surface area contributed by atoms with Crippen LogP contribution in [0.15, 0.2) is 48.5 Å². The molecule has 1 N–H and O–H groups in total. The zero-order chi connectivity index (χ0) is 16.7. The number of imide groups is 1. The number of carbonyl (C=O) groups is 2. The molecule has 1 saturated heterocycles. The van der Waals surface area contributed by atoms with E-state index in [1.807, 2.05) is 24.3 Å². The lowest BCUT2D eigenvalue weighted by atomic mass is 9.92. The monoisotopic (exact) mass is 317 g/mol. The second-order valence-corrected chi connectivity index (χ2v) is 6.15. The quantitative estimate of drug-likeness (QED) is 0.865. The molecule has 0 unspecified atom stereocenters. The molecule has 118 valence electrons. The highest BCUT2D eigenvalue weighted by Gasteiger charge is 2.55. The van der Waals surface area contributed by atoms with Crippen molar-refractivity contribution in [3.8, 4) is 6.07 Å². The molecule has 0 aromatic heterocycles. The average molecular weight is 317 g/mol. The maximum Gasteiger partial charge on any atom is 0.325 e. The molecule has 24 heavy (non-hydrogen) atoms. The van der Waals surface area contributed by atoms with Gasteiger partial charge in [0.05, 0.1) is 18.2 Å². The number of nitriles is 1. The fourth-order valence-electron chi connectivity index (χ4n) is 3.67. The SMILES string of the molecule is N#Cc1ccccc1CN1C(=O)N[C@]2(CCc3ccccc32)C1=O. The first kappa shape index (κ1) is 14.5. The third-order valence-corrected chi connectivity index (χ3v) is 4.89. The molecule has 2 aliphatic rings. The van der Waals surface area contributed by atoms with Gasteiger partial charge in [-0.15, -0.1) is 0 Å². The van der Waals surface area contributed by atoms with Gasteiger partial charge in [-0.2, -0.15) is 5.26 Å². The molecular weight excluding hydrogens is 302 g/mol. The van der Waals surface area contributed by atoms with E-state index in [1.165, 1.54) is 4.90 Å². The molecule has 0 saturated carbocycles. The molecule has 1 atom stereocenters. The van der Waals surface area contributed by atoms with Gasteiger partial charge in [0.2, 0.25) is 0 Å². The highest BCUT2D eigenvalue weighted by molar-refractivity contribution is 6.08. The van der Waals surface area contributed by atoms with E-state index in [0.717, 1.165) is 17.5 Å². The Labute approximate surface area is 139 Å². The van der Waals surface area contributed by atoms with Crippen molar-refractivity contribution < 1.29 is 9.59 Å². The Balaban J connectivity index is 1.70. The molecule has 1 spiro atoms. The van der Waals surface area contributed by atoms with E-state index in [4.69, 9.17) is 0 Å². The molecule has 2 aromatic carbocycles. The standard InChI is InChI=1S/C19H15N3O2/c20-11-14-6-1-2-7-15(14)12-22-17(23)19(21-18(22)24)10-9-13-5-3-4-8-16(13)19/h1-8H,9-10,12H2,(H,21,24)/t19-/m0/s1. The number of fused-ring (bicyclic) bond motifs is 2. The van der Waals surface area contributed by atoms with Crippen LogP contribution in [0.5, 0.6) is 0 Å². The topological polar surface area (TPSA) is 73.2 Å². The van der Waals surface area contributed by atoms with Crippen LogP contribution in [0.1, 0.15) is 28.7 Å². The summed E-state index contributed by atoms with van der Waals surface area (Å²) in [5.41, 5.74) is 2.19. The zero-order valence-corrected chi connectivity index (χ0v) is 13.0. The van der Waals surface area contributed by atoms with Gasteiger partial charge in [0.25, 0.3) is 5.91 Å². The number of hydrogen-bond donors (Lipinski definition) is 1. The predicted octanol–water partition coefficient (Wildman–Crippen LogP) is 2.45. The largest absolute Gasteiger partial charge is 0.325 e. The number of nitrogens with one attached hydrogen (secondary N) is 1. The van der Waals surface area contributed by atoms with Crippen molar-refractivity contribution in [2.24, 2.45) is 0 Å².